The molecule has 2 aromatic carbocycles. The van der Waals surface area contributed by atoms with Gasteiger partial charge < -0.3 is 9.64 Å². The van der Waals surface area contributed by atoms with Crippen LogP contribution in [0.4, 0.5) is 5.69 Å². The summed E-state index contributed by atoms with van der Waals surface area (Å²) in [5, 5.41) is 9.17. The van der Waals surface area contributed by atoms with Gasteiger partial charge in [0, 0.05) is 17.4 Å². The third kappa shape index (κ3) is 3.38. The van der Waals surface area contributed by atoms with E-state index in [4.69, 9.17) is 4.74 Å². The number of ether oxygens (including phenoxy) is 1. The Kier molecular flexibility index (Phi) is 5.09. The molecule has 0 fully saturated rings. The molecule has 3 aromatic rings. The molecule has 7 heteroatoms. The van der Waals surface area contributed by atoms with E-state index in [-0.39, 0.29) is 11.9 Å². The Morgan fingerprint density at radius 1 is 1.18 bits per heavy atom. The molecular formula is C21H22N4O2S. The number of benzene rings is 2. The summed E-state index contributed by atoms with van der Waals surface area (Å²) in [6.45, 7) is 3.99. The highest BCUT2D eigenvalue weighted by Crippen LogP contribution is 2.33. The lowest BCUT2D eigenvalue weighted by molar-refractivity contribution is -0.116. The van der Waals surface area contributed by atoms with Crippen molar-refractivity contribution in [2.45, 2.75) is 31.5 Å². The van der Waals surface area contributed by atoms with Crippen molar-refractivity contribution in [2.75, 3.05) is 17.8 Å². The quantitative estimate of drug-likeness (QED) is 0.618. The molecule has 6 nitrogen and oxygen atoms in total. The van der Waals surface area contributed by atoms with Gasteiger partial charge in [-0.1, -0.05) is 30.0 Å². The number of thioether (sulfide) groups is 1. The van der Waals surface area contributed by atoms with Gasteiger partial charge in [0.2, 0.25) is 5.91 Å². The minimum Gasteiger partial charge on any atom is -0.497 e. The summed E-state index contributed by atoms with van der Waals surface area (Å²) >= 11 is 1.41. The van der Waals surface area contributed by atoms with E-state index in [1.54, 1.807) is 7.11 Å². The van der Waals surface area contributed by atoms with E-state index in [0.29, 0.717) is 10.9 Å². The second-order valence-electron chi connectivity index (χ2n) is 6.80. The van der Waals surface area contributed by atoms with Gasteiger partial charge in [-0.2, -0.15) is 0 Å². The van der Waals surface area contributed by atoms with Crippen LogP contribution in [0, 0.1) is 6.92 Å². The molecule has 0 bridgehead atoms. The maximum Gasteiger partial charge on any atom is 0.237 e. The third-order valence-electron chi connectivity index (χ3n) is 4.93. The first-order valence-corrected chi connectivity index (χ1v) is 10.2. The van der Waals surface area contributed by atoms with Crippen LogP contribution in [0.15, 0.2) is 53.7 Å². The lowest BCUT2D eigenvalue weighted by atomic mass is 10.1. The first kappa shape index (κ1) is 18.6. The SMILES string of the molecule is COc1ccc(-n2c(C)nnc2SCC(=O)N2c3ccccc3CC2C)cc1. The second kappa shape index (κ2) is 7.67. The van der Waals surface area contributed by atoms with Crippen LogP contribution in [0.2, 0.25) is 0 Å². The molecule has 0 aliphatic carbocycles. The number of aromatic nitrogens is 3. The van der Waals surface area contributed by atoms with E-state index in [1.807, 2.05) is 58.9 Å². The molecule has 4 rings (SSSR count). The first-order chi connectivity index (χ1) is 13.6. The highest BCUT2D eigenvalue weighted by molar-refractivity contribution is 7.99. The Morgan fingerprint density at radius 3 is 2.68 bits per heavy atom. The summed E-state index contributed by atoms with van der Waals surface area (Å²) in [5.41, 5.74) is 3.19. The number of fused-ring (bicyclic) bond motifs is 1. The molecule has 0 radical (unpaired) electrons. The fraction of sp³-hybridized carbons (Fsp3) is 0.286. The molecule has 0 spiro atoms. The smallest absolute Gasteiger partial charge is 0.237 e. The van der Waals surface area contributed by atoms with Crippen molar-refractivity contribution in [3.05, 3.63) is 59.9 Å². The van der Waals surface area contributed by atoms with E-state index >= 15 is 0 Å². The molecule has 1 amide bonds. The molecule has 144 valence electrons. The Hall–Kier alpha value is -2.80. The van der Waals surface area contributed by atoms with E-state index in [1.165, 1.54) is 17.3 Å². The molecule has 1 aliphatic rings. The molecule has 0 saturated carbocycles. The van der Waals surface area contributed by atoms with Crippen molar-refractivity contribution < 1.29 is 9.53 Å². The number of hydrogen-bond acceptors (Lipinski definition) is 5. The van der Waals surface area contributed by atoms with Crippen LogP contribution in [0.25, 0.3) is 5.69 Å². The molecule has 1 aromatic heterocycles. The number of carbonyl (C=O) groups excluding carboxylic acids is 1. The predicted octanol–water partition coefficient (Wildman–Crippen LogP) is 3.65. The number of nitrogens with zero attached hydrogens (tertiary/aromatic N) is 4. The summed E-state index contributed by atoms with van der Waals surface area (Å²) in [6.07, 6.45) is 0.897. The highest BCUT2D eigenvalue weighted by Gasteiger charge is 2.30. The van der Waals surface area contributed by atoms with Gasteiger partial charge in [-0.25, -0.2) is 0 Å². The zero-order valence-corrected chi connectivity index (χ0v) is 16.9. The minimum atomic E-state index is 0.0874. The first-order valence-electron chi connectivity index (χ1n) is 9.17. The molecule has 1 atom stereocenters. The Morgan fingerprint density at radius 2 is 1.93 bits per heavy atom. The van der Waals surface area contributed by atoms with Gasteiger partial charge in [-0.3, -0.25) is 9.36 Å². The van der Waals surface area contributed by atoms with Gasteiger partial charge in [0.15, 0.2) is 5.16 Å². The van der Waals surface area contributed by atoms with Gasteiger partial charge in [-0.05, 0) is 56.2 Å². The molecule has 0 N–H and O–H groups in total. The maximum atomic E-state index is 13.0. The van der Waals surface area contributed by atoms with Crippen molar-refractivity contribution in [1.29, 1.82) is 0 Å². The van der Waals surface area contributed by atoms with Crippen LogP contribution in [0.3, 0.4) is 0 Å². The average Bonchev–Trinajstić information content (AvgIpc) is 3.25. The number of para-hydroxylation sites is 1. The van der Waals surface area contributed by atoms with Gasteiger partial charge in [-0.15, -0.1) is 10.2 Å². The number of anilines is 1. The molecule has 1 unspecified atom stereocenters. The molecular weight excluding hydrogens is 372 g/mol. The summed E-state index contributed by atoms with van der Waals surface area (Å²) < 4.78 is 7.18. The number of methoxy groups -OCH3 is 1. The highest BCUT2D eigenvalue weighted by atomic mass is 32.2. The second-order valence-corrected chi connectivity index (χ2v) is 7.74. The predicted molar refractivity (Wildman–Crippen MR) is 110 cm³/mol. The van der Waals surface area contributed by atoms with Gasteiger partial charge in [0.25, 0.3) is 0 Å². The van der Waals surface area contributed by atoms with Crippen LogP contribution in [-0.2, 0) is 11.2 Å². The van der Waals surface area contributed by atoms with Crippen LogP contribution in [0.1, 0.15) is 18.3 Å². The molecule has 2 heterocycles. The molecule has 28 heavy (non-hydrogen) atoms. The normalized spacial score (nSPS) is 15.5. The summed E-state index contributed by atoms with van der Waals surface area (Å²) in [6, 6.07) is 16.0. The molecule has 0 saturated heterocycles. The van der Waals surface area contributed by atoms with Crippen molar-refractivity contribution in [2.24, 2.45) is 0 Å². The van der Waals surface area contributed by atoms with Crippen molar-refractivity contribution >= 4 is 23.4 Å². The number of rotatable bonds is 5. The molecule has 1 aliphatic heterocycles. The summed E-state index contributed by atoms with van der Waals surface area (Å²) in [7, 11) is 1.64. The van der Waals surface area contributed by atoms with E-state index in [0.717, 1.165) is 29.4 Å². The van der Waals surface area contributed by atoms with Crippen LogP contribution in [0.5, 0.6) is 5.75 Å². The lowest BCUT2D eigenvalue weighted by Crippen LogP contribution is -2.37. The van der Waals surface area contributed by atoms with E-state index in [2.05, 4.69) is 23.2 Å². The monoisotopic (exact) mass is 394 g/mol. The van der Waals surface area contributed by atoms with Gasteiger partial charge >= 0.3 is 0 Å². The number of carbonyl (C=O) groups is 1. The zero-order chi connectivity index (χ0) is 19.7. The number of aryl methyl sites for hydroxylation is 1. The Bertz CT molecular complexity index is 1000. The zero-order valence-electron chi connectivity index (χ0n) is 16.1. The lowest BCUT2D eigenvalue weighted by Gasteiger charge is -2.22. The standard InChI is InChI=1S/C21H22N4O2S/c1-14-12-16-6-4-5-7-19(16)24(14)20(26)13-28-21-23-22-15(2)25(21)17-8-10-18(27-3)11-9-17/h4-11,14H,12-13H2,1-3H3. The van der Waals surface area contributed by atoms with Gasteiger partial charge in [0.1, 0.15) is 11.6 Å². The van der Waals surface area contributed by atoms with Crippen LogP contribution in [-0.4, -0.2) is 39.6 Å². The minimum absolute atomic E-state index is 0.0874. The fourth-order valence-electron chi connectivity index (χ4n) is 3.61. The largest absolute Gasteiger partial charge is 0.497 e. The van der Waals surface area contributed by atoms with E-state index in [9.17, 15) is 4.79 Å². The van der Waals surface area contributed by atoms with Crippen LogP contribution >= 0.6 is 11.8 Å². The van der Waals surface area contributed by atoms with Crippen LogP contribution < -0.4 is 9.64 Å². The van der Waals surface area contributed by atoms with Gasteiger partial charge in [0.05, 0.1) is 12.9 Å². The number of amides is 1. The summed E-state index contributed by atoms with van der Waals surface area (Å²) in [4.78, 5) is 14.9. The van der Waals surface area contributed by atoms with Crippen molar-refractivity contribution in [3.8, 4) is 11.4 Å². The third-order valence-corrected chi connectivity index (χ3v) is 5.84. The Labute approximate surface area is 168 Å². The number of hydrogen-bond donors (Lipinski definition) is 0. The topological polar surface area (TPSA) is 60.2 Å². The average molecular weight is 395 g/mol. The fourth-order valence-corrected chi connectivity index (χ4v) is 4.46. The van der Waals surface area contributed by atoms with E-state index < -0.39 is 0 Å². The maximum absolute atomic E-state index is 13.0. The van der Waals surface area contributed by atoms with Crippen molar-refractivity contribution in [3.63, 3.8) is 0 Å². The van der Waals surface area contributed by atoms with Crippen molar-refractivity contribution in [1.82, 2.24) is 14.8 Å². The summed E-state index contributed by atoms with van der Waals surface area (Å²) in [5.74, 6) is 1.97. The Balaban J connectivity index is 1.52.